The molecular weight excluding hydrogens is 344 g/mol. The van der Waals surface area contributed by atoms with Gasteiger partial charge >= 0.3 is 0 Å². The van der Waals surface area contributed by atoms with Crippen LogP contribution in [0.2, 0.25) is 0 Å². The van der Waals surface area contributed by atoms with E-state index in [1.54, 1.807) is 13.0 Å². The summed E-state index contributed by atoms with van der Waals surface area (Å²) in [6, 6.07) is 3.17. The molecule has 1 heterocycles. The second kappa shape index (κ2) is 5.63. The number of nitrogens with zero attached hydrogens (tertiary/aromatic N) is 1. The van der Waals surface area contributed by atoms with Gasteiger partial charge in [0.25, 0.3) is 0 Å². The summed E-state index contributed by atoms with van der Waals surface area (Å²) < 4.78 is 27.4. The number of β-amino-alcohol motifs (C(OH)–C–C–N with tert-alkyl or cyclic N) is 1. The van der Waals surface area contributed by atoms with Gasteiger partial charge in [0.1, 0.15) is 0 Å². The molecular formula is C13H19BrN2O3S. The number of halogens is 1. The molecule has 1 aromatic rings. The van der Waals surface area contributed by atoms with E-state index >= 15 is 0 Å². The first-order valence-electron chi connectivity index (χ1n) is 6.47. The van der Waals surface area contributed by atoms with Gasteiger partial charge in [-0.1, -0.05) is 6.92 Å². The van der Waals surface area contributed by atoms with Crippen molar-refractivity contribution in [1.82, 2.24) is 4.31 Å². The first kappa shape index (κ1) is 15.8. The third-order valence-corrected chi connectivity index (χ3v) is 6.49. The second-order valence-electron chi connectivity index (χ2n) is 5.34. The molecule has 0 radical (unpaired) electrons. The molecule has 1 fully saturated rings. The molecule has 0 bridgehead atoms. The van der Waals surface area contributed by atoms with Crippen LogP contribution in [0.3, 0.4) is 0 Å². The van der Waals surface area contributed by atoms with E-state index in [0.717, 1.165) is 0 Å². The number of aliphatic hydroxyl groups is 1. The lowest BCUT2D eigenvalue weighted by molar-refractivity contribution is 0.0605. The number of sulfonamides is 1. The predicted molar refractivity (Wildman–Crippen MR) is 81.8 cm³/mol. The number of rotatable bonds is 2. The van der Waals surface area contributed by atoms with Crippen molar-refractivity contribution in [1.29, 1.82) is 0 Å². The van der Waals surface area contributed by atoms with Crippen LogP contribution in [-0.2, 0) is 10.0 Å². The van der Waals surface area contributed by atoms with Gasteiger partial charge in [-0.05, 0) is 52.9 Å². The molecule has 112 valence electrons. The molecule has 0 saturated carbocycles. The van der Waals surface area contributed by atoms with E-state index in [1.165, 1.54) is 10.4 Å². The summed E-state index contributed by atoms with van der Waals surface area (Å²) in [5, 5.41) is 9.89. The highest BCUT2D eigenvalue weighted by atomic mass is 79.9. The fourth-order valence-electron chi connectivity index (χ4n) is 2.32. The van der Waals surface area contributed by atoms with E-state index in [2.05, 4.69) is 15.9 Å². The van der Waals surface area contributed by atoms with Gasteiger partial charge in [-0.15, -0.1) is 0 Å². The van der Waals surface area contributed by atoms with Crippen molar-refractivity contribution in [2.45, 2.75) is 31.3 Å². The lowest BCUT2D eigenvalue weighted by Gasteiger charge is -2.33. The minimum atomic E-state index is -3.62. The summed E-state index contributed by atoms with van der Waals surface area (Å²) >= 11 is 3.29. The Bertz CT molecular complexity index is 618. The van der Waals surface area contributed by atoms with Gasteiger partial charge in [0.05, 0.1) is 11.0 Å². The monoisotopic (exact) mass is 362 g/mol. The molecule has 2 atom stereocenters. The zero-order valence-corrected chi connectivity index (χ0v) is 13.9. The van der Waals surface area contributed by atoms with Gasteiger partial charge in [-0.3, -0.25) is 0 Å². The Labute approximate surface area is 128 Å². The zero-order valence-electron chi connectivity index (χ0n) is 11.5. The standard InChI is InChI=1S/C13H19BrN2O3S/c1-8-3-4-16(7-12(8)17)20(18,19)13-6-11(15)10(14)5-9(13)2/h5-6,8,12,17H,3-4,7,15H2,1-2H3. The lowest BCUT2D eigenvalue weighted by Crippen LogP contribution is -2.45. The maximum atomic E-state index is 12.7. The minimum absolute atomic E-state index is 0.123. The number of aryl methyl sites for hydroxylation is 1. The summed E-state index contributed by atoms with van der Waals surface area (Å²) in [4.78, 5) is 0.208. The number of piperidine rings is 1. The SMILES string of the molecule is Cc1cc(Br)c(N)cc1S(=O)(=O)N1CCC(C)C(O)C1. The molecule has 0 spiro atoms. The zero-order chi connectivity index (χ0) is 15.1. The molecule has 20 heavy (non-hydrogen) atoms. The average Bonchev–Trinajstić information content (AvgIpc) is 2.36. The lowest BCUT2D eigenvalue weighted by atomic mass is 9.98. The average molecular weight is 363 g/mol. The van der Waals surface area contributed by atoms with E-state index in [9.17, 15) is 13.5 Å². The van der Waals surface area contributed by atoms with Crippen molar-refractivity contribution in [2.24, 2.45) is 5.92 Å². The Hall–Kier alpha value is -0.630. The molecule has 1 aromatic carbocycles. The van der Waals surface area contributed by atoms with Crippen LogP contribution >= 0.6 is 15.9 Å². The van der Waals surface area contributed by atoms with Crippen LogP contribution in [-0.4, -0.2) is 37.0 Å². The fourth-order valence-corrected chi connectivity index (χ4v) is 4.50. The van der Waals surface area contributed by atoms with Crippen LogP contribution in [0.1, 0.15) is 18.9 Å². The van der Waals surface area contributed by atoms with E-state index in [1.807, 2.05) is 6.92 Å². The number of aliphatic hydroxyl groups excluding tert-OH is 1. The molecule has 2 rings (SSSR count). The van der Waals surface area contributed by atoms with Crippen LogP contribution in [0.4, 0.5) is 5.69 Å². The van der Waals surface area contributed by atoms with Gasteiger partial charge < -0.3 is 10.8 Å². The maximum absolute atomic E-state index is 12.7. The Kier molecular flexibility index (Phi) is 4.44. The molecule has 5 nitrogen and oxygen atoms in total. The summed E-state index contributed by atoms with van der Waals surface area (Å²) in [6.45, 7) is 4.23. The number of anilines is 1. The smallest absolute Gasteiger partial charge is 0.243 e. The van der Waals surface area contributed by atoms with Crippen molar-refractivity contribution >= 4 is 31.6 Å². The molecule has 7 heteroatoms. The van der Waals surface area contributed by atoms with Crippen molar-refractivity contribution in [3.05, 3.63) is 22.2 Å². The third-order valence-electron chi connectivity index (χ3n) is 3.79. The second-order valence-corrected chi connectivity index (χ2v) is 8.10. The number of nitrogens with two attached hydrogens (primary N) is 1. The number of hydrogen-bond acceptors (Lipinski definition) is 4. The van der Waals surface area contributed by atoms with Gasteiger partial charge in [-0.25, -0.2) is 8.42 Å². The summed E-state index contributed by atoms with van der Waals surface area (Å²) in [5.41, 5.74) is 6.81. The van der Waals surface area contributed by atoms with E-state index in [4.69, 9.17) is 5.73 Å². The fraction of sp³-hybridized carbons (Fsp3) is 0.538. The normalized spacial score (nSPS) is 24.8. The molecule has 0 aromatic heterocycles. The molecule has 1 saturated heterocycles. The quantitative estimate of drug-likeness (QED) is 0.784. The first-order chi connectivity index (χ1) is 9.23. The van der Waals surface area contributed by atoms with Crippen molar-refractivity contribution < 1.29 is 13.5 Å². The molecule has 1 aliphatic heterocycles. The Morgan fingerprint density at radius 2 is 2.10 bits per heavy atom. The van der Waals surface area contributed by atoms with E-state index in [-0.39, 0.29) is 17.4 Å². The summed E-state index contributed by atoms with van der Waals surface area (Å²) in [5.74, 6) is 0.123. The van der Waals surface area contributed by atoms with Gasteiger partial charge in [0.2, 0.25) is 10.0 Å². The highest BCUT2D eigenvalue weighted by Gasteiger charge is 2.33. The van der Waals surface area contributed by atoms with Crippen LogP contribution in [0.5, 0.6) is 0 Å². The minimum Gasteiger partial charge on any atom is -0.398 e. The van der Waals surface area contributed by atoms with Gasteiger partial charge in [0, 0.05) is 23.2 Å². The molecule has 0 aliphatic carbocycles. The molecule has 0 amide bonds. The molecule has 1 aliphatic rings. The predicted octanol–water partition coefficient (Wildman–Crippen LogP) is 1.73. The summed E-state index contributed by atoms with van der Waals surface area (Å²) in [7, 11) is -3.62. The molecule has 3 N–H and O–H groups in total. The number of hydrogen-bond donors (Lipinski definition) is 2. The topological polar surface area (TPSA) is 83.6 Å². The number of nitrogen functional groups attached to an aromatic ring is 1. The van der Waals surface area contributed by atoms with Crippen molar-refractivity contribution in [3.63, 3.8) is 0 Å². The van der Waals surface area contributed by atoms with Crippen molar-refractivity contribution in [2.75, 3.05) is 18.8 Å². The Morgan fingerprint density at radius 3 is 2.70 bits per heavy atom. The Balaban J connectivity index is 2.38. The van der Waals surface area contributed by atoms with Crippen LogP contribution in [0.25, 0.3) is 0 Å². The van der Waals surface area contributed by atoms with Crippen molar-refractivity contribution in [3.8, 4) is 0 Å². The van der Waals surface area contributed by atoms with Crippen LogP contribution in [0.15, 0.2) is 21.5 Å². The number of benzene rings is 1. The first-order valence-corrected chi connectivity index (χ1v) is 8.70. The highest BCUT2D eigenvalue weighted by Crippen LogP contribution is 2.30. The largest absolute Gasteiger partial charge is 0.398 e. The highest BCUT2D eigenvalue weighted by molar-refractivity contribution is 9.10. The third kappa shape index (κ3) is 2.86. The summed E-state index contributed by atoms with van der Waals surface area (Å²) in [6.07, 6.45) is 0.0393. The molecule has 2 unspecified atom stereocenters. The van der Waals surface area contributed by atoms with E-state index < -0.39 is 16.1 Å². The van der Waals surface area contributed by atoms with Gasteiger partial charge in [0.15, 0.2) is 0 Å². The maximum Gasteiger partial charge on any atom is 0.243 e. The van der Waals surface area contributed by atoms with Crippen LogP contribution in [0, 0.1) is 12.8 Å². The van der Waals surface area contributed by atoms with E-state index in [0.29, 0.717) is 28.7 Å². The Morgan fingerprint density at radius 1 is 1.45 bits per heavy atom. The van der Waals surface area contributed by atoms with Crippen LogP contribution < -0.4 is 5.73 Å². The van der Waals surface area contributed by atoms with Gasteiger partial charge in [-0.2, -0.15) is 4.31 Å².